The molecule has 0 spiro atoms. The van der Waals surface area contributed by atoms with E-state index >= 15 is 0 Å². The van der Waals surface area contributed by atoms with Gasteiger partial charge in [0.1, 0.15) is 0 Å². The highest BCUT2D eigenvalue weighted by atomic mass is 32.2. The first-order chi connectivity index (χ1) is 9.49. The van der Waals surface area contributed by atoms with E-state index in [0.29, 0.717) is 5.69 Å². The lowest BCUT2D eigenvalue weighted by Crippen LogP contribution is -2.07. The Balaban J connectivity index is 2.37. The van der Waals surface area contributed by atoms with Crippen LogP contribution < -0.4 is 11.3 Å². The van der Waals surface area contributed by atoms with Crippen LogP contribution in [-0.2, 0) is 0 Å². The van der Waals surface area contributed by atoms with Crippen LogP contribution in [0.2, 0.25) is 0 Å². The maximum atomic E-state index is 10.9. The molecule has 0 radical (unpaired) electrons. The van der Waals surface area contributed by atoms with Gasteiger partial charge in [0.25, 0.3) is 5.69 Å². The number of rotatable bonds is 4. The summed E-state index contributed by atoms with van der Waals surface area (Å²) in [4.78, 5) is 12.3. The van der Waals surface area contributed by atoms with Crippen molar-refractivity contribution in [1.82, 2.24) is 0 Å². The third kappa shape index (κ3) is 3.28. The molecule has 2 aromatic carbocycles. The zero-order valence-corrected chi connectivity index (χ0v) is 12.0. The number of anilines is 1. The highest BCUT2D eigenvalue weighted by Crippen LogP contribution is 2.34. The summed E-state index contributed by atoms with van der Waals surface area (Å²) in [5.74, 6) is 5.35. The van der Waals surface area contributed by atoms with Gasteiger partial charge >= 0.3 is 0 Å². The van der Waals surface area contributed by atoms with Gasteiger partial charge in [-0.1, -0.05) is 29.5 Å². The second-order valence-corrected chi connectivity index (χ2v) is 5.60. The molecule has 2 rings (SSSR count). The van der Waals surface area contributed by atoms with E-state index in [9.17, 15) is 10.1 Å². The second kappa shape index (κ2) is 5.94. The van der Waals surface area contributed by atoms with E-state index in [1.807, 2.05) is 26.0 Å². The lowest BCUT2D eigenvalue weighted by Gasteiger charge is -2.08. The first-order valence-electron chi connectivity index (χ1n) is 6.01. The normalized spacial score (nSPS) is 10.3. The average molecular weight is 289 g/mol. The summed E-state index contributed by atoms with van der Waals surface area (Å²) in [5.41, 5.74) is 5.33. The summed E-state index contributed by atoms with van der Waals surface area (Å²) >= 11 is 1.48. The molecule has 104 valence electrons. The highest BCUT2D eigenvalue weighted by molar-refractivity contribution is 7.99. The smallest absolute Gasteiger partial charge is 0.272 e. The molecule has 0 atom stereocenters. The minimum atomic E-state index is -0.424. The van der Waals surface area contributed by atoms with Gasteiger partial charge < -0.3 is 5.43 Å². The summed E-state index contributed by atoms with van der Waals surface area (Å²) in [5, 5.41) is 10.9. The summed E-state index contributed by atoms with van der Waals surface area (Å²) in [6, 6.07) is 10.9. The van der Waals surface area contributed by atoms with E-state index in [0.717, 1.165) is 15.4 Å². The van der Waals surface area contributed by atoms with Crippen LogP contribution in [0.5, 0.6) is 0 Å². The summed E-state index contributed by atoms with van der Waals surface area (Å²) in [7, 11) is 0. The predicted molar refractivity (Wildman–Crippen MR) is 80.9 cm³/mol. The Kier molecular flexibility index (Phi) is 4.26. The Hall–Kier alpha value is -2.05. The fraction of sp³-hybridized carbons (Fsp3) is 0.143. The molecule has 0 heterocycles. The van der Waals surface area contributed by atoms with Crippen LogP contribution in [-0.4, -0.2) is 4.92 Å². The van der Waals surface area contributed by atoms with Gasteiger partial charge in [-0.15, -0.1) is 0 Å². The van der Waals surface area contributed by atoms with Crippen molar-refractivity contribution in [2.24, 2.45) is 5.84 Å². The standard InChI is InChI=1S/C14H15N3O2S/c1-9-3-4-14(10(2)5-9)20-13-7-11(16-15)6-12(8-13)17(18)19/h3-8,16H,15H2,1-2H3. The van der Waals surface area contributed by atoms with Crippen LogP contribution in [0.25, 0.3) is 0 Å². The molecule has 20 heavy (non-hydrogen) atoms. The zero-order valence-electron chi connectivity index (χ0n) is 11.2. The molecule has 5 nitrogen and oxygen atoms in total. The number of benzene rings is 2. The number of hydrazine groups is 1. The number of nitro groups is 1. The molecular weight excluding hydrogens is 274 g/mol. The molecular formula is C14H15N3O2S. The van der Waals surface area contributed by atoms with Crippen molar-refractivity contribution in [2.75, 3.05) is 5.43 Å². The van der Waals surface area contributed by atoms with Crippen molar-refractivity contribution < 1.29 is 4.92 Å². The number of nitrogens with two attached hydrogens (primary N) is 1. The van der Waals surface area contributed by atoms with Gasteiger partial charge in [0.05, 0.1) is 10.6 Å². The number of aryl methyl sites for hydroxylation is 2. The SMILES string of the molecule is Cc1ccc(Sc2cc(NN)cc([N+](=O)[O-])c2)c(C)c1. The number of nitrogens with zero attached hydrogens (tertiary/aromatic N) is 1. The molecule has 0 aliphatic carbocycles. The summed E-state index contributed by atoms with van der Waals surface area (Å²) in [6.07, 6.45) is 0. The van der Waals surface area contributed by atoms with E-state index in [2.05, 4.69) is 11.5 Å². The van der Waals surface area contributed by atoms with E-state index in [4.69, 9.17) is 5.84 Å². The van der Waals surface area contributed by atoms with Gasteiger partial charge in [-0.2, -0.15) is 0 Å². The minimum Gasteiger partial charge on any atom is -0.324 e. The highest BCUT2D eigenvalue weighted by Gasteiger charge is 2.11. The maximum Gasteiger partial charge on any atom is 0.272 e. The van der Waals surface area contributed by atoms with Crippen molar-refractivity contribution in [1.29, 1.82) is 0 Å². The Morgan fingerprint density at radius 3 is 2.55 bits per heavy atom. The topological polar surface area (TPSA) is 81.2 Å². The van der Waals surface area contributed by atoms with Crippen LogP contribution in [0, 0.1) is 24.0 Å². The number of nitrogen functional groups attached to an aromatic ring is 1. The Bertz CT molecular complexity index is 659. The molecule has 2 aromatic rings. The molecule has 0 saturated heterocycles. The summed E-state index contributed by atoms with van der Waals surface area (Å²) < 4.78 is 0. The van der Waals surface area contributed by atoms with Crippen molar-refractivity contribution in [2.45, 2.75) is 23.6 Å². The third-order valence-electron chi connectivity index (χ3n) is 2.83. The van der Waals surface area contributed by atoms with Crippen LogP contribution in [0.4, 0.5) is 11.4 Å². The zero-order chi connectivity index (χ0) is 14.7. The van der Waals surface area contributed by atoms with Crippen LogP contribution in [0.3, 0.4) is 0 Å². The van der Waals surface area contributed by atoms with Crippen molar-refractivity contribution in [3.63, 3.8) is 0 Å². The Labute approximate surface area is 121 Å². The molecule has 6 heteroatoms. The first kappa shape index (κ1) is 14.4. The Morgan fingerprint density at radius 1 is 1.20 bits per heavy atom. The van der Waals surface area contributed by atoms with Crippen LogP contribution in [0.1, 0.15) is 11.1 Å². The molecule has 0 amide bonds. The Morgan fingerprint density at radius 2 is 1.95 bits per heavy atom. The van der Waals surface area contributed by atoms with Gasteiger partial charge in [-0.3, -0.25) is 16.0 Å². The van der Waals surface area contributed by atoms with Gasteiger partial charge in [0, 0.05) is 21.9 Å². The number of nitro benzene ring substituents is 1. The lowest BCUT2D eigenvalue weighted by atomic mass is 10.2. The van der Waals surface area contributed by atoms with E-state index in [-0.39, 0.29) is 5.69 Å². The fourth-order valence-electron chi connectivity index (χ4n) is 1.87. The number of non-ortho nitro benzene ring substituents is 1. The number of hydrogen-bond donors (Lipinski definition) is 2. The molecule has 0 fully saturated rings. The van der Waals surface area contributed by atoms with Crippen molar-refractivity contribution in [3.8, 4) is 0 Å². The first-order valence-corrected chi connectivity index (χ1v) is 6.82. The maximum absolute atomic E-state index is 10.9. The average Bonchev–Trinajstić information content (AvgIpc) is 2.41. The lowest BCUT2D eigenvalue weighted by molar-refractivity contribution is -0.385. The van der Waals surface area contributed by atoms with Crippen molar-refractivity contribution >= 4 is 23.1 Å². The second-order valence-electron chi connectivity index (χ2n) is 4.49. The molecule has 0 saturated carbocycles. The molecule has 0 aliphatic heterocycles. The monoisotopic (exact) mass is 289 g/mol. The minimum absolute atomic E-state index is 0.0210. The molecule has 3 N–H and O–H groups in total. The van der Waals surface area contributed by atoms with Crippen LogP contribution in [0.15, 0.2) is 46.2 Å². The molecule has 0 aliphatic rings. The number of nitrogens with one attached hydrogen (secondary N) is 1. The quantitative estimate of drug-likeness (QED) is 0.510. The largest absolute Gasteiger partial charge is 0.324 e. The predicted octanol–water partition coefficient (Wildman–Crippen LogP) is 3.65. The molecule has 0 unspecified atom stereocenters. The fourth-order valence-corrected chi connectivity index (χ4v) is 2.85. The third-order valence-corrected chi connectivity index (χ3v) is 3.98. The number of hydrogen-bond acceptors (Lipinski definition) is 5. The van der Waals surface area contributed by atoms with Gasteiger partial charge in [0.2, 0.25) is 0 Å². The van der Waals surface area contributed by atoms with Gasteiger partial charge in [0.15, 0.2) is 0 Å². The van der Waals surface area contributed by atoms with E-state index < -0.39 is 4.92 Å². The molecule has 0 aromatic heterocycles. The molecule has 0 bridgehead atoms. The van der Waals surface area contributed by atoms with E-state index in [1.54, 1.807) is 12.1 Å². The van der Waals surface area contributed by atoms with E-state index in [1.165, 1.54) is 23.4 Å². The van der Waals surface area contributed by atoms with Crippen molar-refractivity contribution in [3.05, 3.63) is 57.6 Å². The summed E-state index contributed by atoms with van der Waals surface area (Å²) in [6.45, 7) is 4.06. The van der Waals surface area contributed by atoms with Crippen LogP contribution >= 0.6 is 11.8 Å². The van der Waals surface area contributed by atoms with Gasteiger partial charge in [-0.25, -0.2) is 0 Å². The van der Waals surface area contributed by atoms with Gasteiger partial charge in [-0.05, 0) is 31.5 Å².